The van der Waals surface area contributed by atoms with Gasteiger partial charge in [0, 0.05) is 62.2 Å². The highest BCUT2D eigenvalue weighted by Crippen LogP contribution is 2.21. The second-order valence-electron chi connectivity index (χ2n) is 8.96. The van der Waals surface area contributed by atoms with Crippen LogP contribution in [-0.4, -0.2) is 53.9 Å². The van der Waals surface area contributed by atoms with E-state index in [1.165, 1.54) is 11.4 Å². The van der Waals surface area contributed by atoms with Gasteiger partial charge in [0.25, 0.3) is 0 Å². The molecule has 0 radical (unpaired) electrons. The standard InChI is InChI=1S/C26H34ClN5/c1-21(2)17-26-19-23(29-32(26)24-8-4-3-5-9-24)20-28-11-12-30-13-15-31(16-14-30)25-10-6-7-22(27)18-25/h3-10,18-19,21,28H,11-17,20H2,1-2H3. The van der Waals surface area contributed by atoms with Crippen molar-refractivity contribution in [2.75, 3.05) is 44.2 Å². The van der Waals surface area contributed by atoms with E-state index in [1.807, 2.05) is 18.2 Å². The summed E-state index contributed by atoms with van der Waals surface area (Å²) in [6.07, 6.45) is 1.03. The molecule has 0 saturated carbocycles. The summed E-state index contributed by atoms with van der Waals surface area (Å²) in [7, 11) is 0. The SMILES string of the molecule is CC(C)Cc1cc(CNCCN2CCN(c3cccc(Cl)c3)CC2)nn1-c1ccccc1. The summed E-state index contributed by atoms with van der Waals surface area (Å²) < 4.78 is 2.10. The van der Waals surface area contributed by atoms with Crippen LogP contribution in [0.1, 0.15) is 25.2 Å². The summed E-state index contributed by atoms with van der Waals surface area (Å²) in [4.78, 5) is 4.95. The quantitative estimate of drug-likeness (QED) is 0.481. The number of piperazine rings is 1. The highest BCUT2D eigenvalue weighted by atomic mass is 35.5. The summed E-state index contributed by atoms with van der Waals surface area (Å²) >= 11 is 6.15. The zero-order chi connectivity index (χ0) is 22.3. The first kappa shape index (κ1) is 22.8. The zero-order valence-corrected chi connectivity index (χ0v) is 19.9. The number of hydrogen-bond acceptors (Lipinski definition) is 4. The Kier molecular flexibility index (Phi) is 7.85. The lowest BCUT2D eigenvalue weighted by Gasteiger charge is -2.36. The number of hydrogen-bond donors (Lipinski definition) is 1. The molecule has 2 heterocycles. The first-order valence-corrected chi connectivity index (χ1v) is 12.0. The third-order valence-electron chi connectivity index (χ3n) is 5.91. The number of rotatable bonds is 9. The molecule has 170 valence electrons. The van der Waals surface area contributed by atoms with Gasteiger partial charge >= 0.3 is 0 Å². The molecule has 1 aromatic heterocycles. The van der Waals surface area contributed by atoms with E-state index in [0.717, 1.165) is 68.6 Å². The molecule has 1 fully saturated rings. The fourth-order valence-electron chi connectivity index (χ4n) is 4.27. The average molecular weight is 452 g/mol. The molecule has 1 N–H and O–H groups in total. The first-order chi connectivity index (χ1) is 15.6. The van der Waals surface area contributed by atoms with E-state index in [1.54, 1.807) is 0 Å². The van der Waals surface area contributed by atoms with Gasteiger partial charge in [0.15, 0.2) is 0 Å². The minimum absolute atomic E-state index is 0.598. The van der Waals surface area contributed by atoms with Crippen LogP contribution in [0.25, 0.3) is 5.69 Å². The van der Waals surface area contributed by atoms with Crippen molar-refractivity contribution in [3.63, 3.8) is 0 Å². The minimum atomic E-state index is 0.598. The van der Waals surface area contributed by atoms with Crippen molar-refractivity contribution < 1.29 is 0 Å². The number of halogens is 1. The Morgan fingerprint density at radius 2 is 1.69 bits per heavy atom. The molecule has 0 spiro atoms. The highest BCUT2D eigenvalue weighted by Gasteiger charge is 2.17. The number of para-hydroxylation sites is 1. The highest BCUT2D eigenvalue weighted by molar-refractivity contribution is 6.30. The molecule has 0 unspecified atom stereocenters. The van der Waals surface area contributed by atoms with Gasteiger partial charge in [-0.1, -0.05) is 49.7 Å². The normalized spacial score (nSPS) is 14.9. The van der Waals surface area contributed by atoms with E-state index in [0.29, 0.717) is 5.92 Å². The molecule has 1 aliphatic heterocycles. The molecule has 0 atom stereocenters. The zero-order valence-electron chi connectivity index (χ0n) is 19.2. The third-order valence-corrected chi connectivity index (χ3v) is 6.14. The molecule has 32 heavy (non-hydrogen) atoms. The number of nitrogens with zero attached hydrogens (tertiary/aromatic N) is 4. The molecule has 0 aliphatic carbocycles. The van der Waals surface area contributed by atoms with Gasteiger partial charge in [-0.3, -0.25) is 4.90 Å². The molecule has 0 amide bonds. The topological polar surface area (TPSA) is 36.3 Å². The number of aromatic nitrogens is 2. The van der Waals surface area contributed by atoms with Gasteiger partial charge in [0.1, 0.15) is 0 Å². The van der Waals surface area contributed by atoms with Crippen molar-refractivity contribution in [3.8, 4) is 5.69 Å². The van der Waals surface area contributed by atoms with Crippen molar-refractivity contribution >= 4 is 17.3 Å². The van der Waals surface area contributed by atoms with Crippen LogP contribution >= 0.6 is 11.6 Å². The minimum Gasteiger partial charge on any atom is -0.369 e. The Morgan fingerprint density at radius 1 is 0.938 bits per heavy atom. The summed E-state index contributed by atoms with van der Waals surface area (Å²) in [5.74, 6) is 0.598. The summed E-state index contributed by atoms with van der Waals surface area (Å²) in [5, 5.41) is 9.29. The second kappa shape index (κ2) is 11.0. The van der Waals surface area contributed by atoms with Crippen LogP contribution < -0.4 is 10.2 Å². The lowest BCUT2D eigenvalue weighted by Crippen LogP contribution is -2.48. The summed E-state index contributed by atoms with van der Waals surface area (Å²) in [5.41, 5.74) is 4.74. The lowest BCUT2D eigenvalue weighted by molar-refractivity contribution is 0.257. The molecule has 3 aromatic rings. The fraction of sp³-hybridized carbons (Fsp3) is 0.423. The van der Waals surface area contributed by atoms with Crippen LogP contribution in [0.5, 0.6) is 0 Å². The van der Waals surface area contributed by atoms with Crippen LogP contribution in [0.2, 0.25) is 5.02 Å². The molecule has 6 heteroatoms. The predicted molar refractivity (Wildman–Crippen MR) is 134 cm³/mol. The van der Waals surface area contributed by atoms with Gasteiger partial charge in [0.2, 0.25) is 0 Å². The molecule has 1 saturated heterocycles. The van der Waals surface area contributed by atoms with Gasteiger partial charge in [-0.2, -0.15) is 5.10 Å². The Balaban J connectivity index is 1.25. The van der Waals surface area contributed by atoms with Crippen LogP contribution in [-0.2, 0) is 13.0 Å². The van der Waals surface area contributed by atoms with E-state index < -0.39 is 0 Å². The van der Waals surface area contributed by atoms with Crippen LogP contribution in [0, 0.1) is 5.92 Å². The second-order valence-corrected chi connectivity index (χ2v) is 9.39. The van der Waals surface area contributed by atoms with Crippen LogP contribution in [0.15, 0.2) is 60.7 Å². The molecule has 0 bridgehead atoms. The predicted octanol–water partition coefficient (Wildman–Crippen LogP) is 4.64. The van der Waals surface area contributed by atoms with Crippen molar-refractivity contribution in [1.29, 1.82) is 0 Å². The maximum Gasteiger partial charge on any atom is 0.0769 e. The van der Waals surface area contributed by atoms with E-state index in [4.69, 9.17) is 16.7 Å². The third kappa shape index (κ3) is 6.12. The Hall–Kier alpha value is -2.34. The number of anilines is 1. The number of nitrogens with one attached hydrogen (secondary N) is 1. The Bertz CT molecular complexity index is 977. The maximum atomic E-state index is 6.15. The Morgan fingerprint density at radius 3 is 2.41 bits per heavy atom. The van der Waals surface area contributed by atoms with Gasteiger partial charge in [0.05, 0.1) is 11.4 Å². The number of benzene rings is 2. The summed E-state index contributed by atoms with van der Waals surface area (Å²) in [6, 6.07) is 20.8. The molecule has 5 nitrogen and oxygen atoms in total. The van der Waals surface area contributed by atoms with Crippen molar-refractivity contribution in [3.05, 3.63) is 77.1 Å². The van der Waals surface area contributed by atoms with Gasteiger partial charge in [-0.15, -0.1) is 0 Å². The van der Waals surface area contributed by atoms with Crippen molar-refractivity contribution in [2.24, 2.45) is 5.92 Å². The first-order valence-electron chi connectivity index (χ1n) is 11.7. The van der Waals surface area contributed by atoms with Crippen LogP contribution in [0.4, 0.5) is 5.69 Å². The van der Waals surface area contributed by atoms with E-state index in [9.17, 15) is 0 Å². The van der Waals surface area contributed by atoms with E-state index in [-0.39, 0.29) is 0 Å². The van der Waals surface area contributed by atoms with Crippen LogP contribution in [0.3, 0.4) is 0 Å². The van der Waals surface area contributed by atoms with Gasteiger partial charge in [-0.25, -0.2) is 4.68 Å². The monoisotopic (exact) mass is 451 g/mol. The molecular weight excluding hydrogens is 418 g/mol. The van der Waals surface area contributed by atoms with Crippen molar-refractivity contribution in [1.82, 2.24) is 20.0 Å². The molecule has 4 rings (SSSR count). The van der Waals surface area contributed by atoms with E-state index >= 15 is 0 Å². The maximum absolute atomic E-state index is 6.15. The Labute approximate surface area is 197 Å². The van der Waals surface area contributed by atoms with Gasteiger partial charge in [-0.05, 0) is 48.7 Å². The van der Waals surface area contributed by atoms with Gasteiger partial charge < -0.3 is 10.2 Å². The van der Waals surface area contributed by atoms with Crippen molar-refractivity contribution in [2.45, 2.75) is 26.8 Å². The fourth-order valence-corrected chi connectivity index (χ4v) is 4.46. The smallest absolute Gasteiger partial charge is 0.0769 e. The molecular formula is C26H34ClN5. The molecule has 1 aliphatic rings. The largest absolute Gasteiger partial charge is 0.369 e. The van der Waals surface area contributed by atoms with E-state index in [2.05, 4.69) is 76.1 Å². The lowest BCUT2D eigenvalue weighted by atomic mass is 10.1. The molecule has 2 aromatic carbocycles. The average Bonchev–Trinajstić information content (AvgIpc) is 3.19. The summed E-state index contributed by atoms with van der Waals surface area (Å²) in [6.45, 7) is 11.6.